The molecule has 4 atom stereocenters. The van der Waals surface area contributed by atoms with Gasteiger partial charge < -0.3 is 9.84 Å². The van der Waals surface area contributed by atoms with E-state index < -0.39 is 0 Å². The van der Waals surface area contributed by atoms with Gasteiger partial charge >= 0.3 is 0 Å². The van der Waals surface area contributed by atoms with E-state index in [1.165, 1.54) is 24.0 Å². The summed E-state index contributed by atoms with van der Waals surface area (Å²) in [6.07, 6.45) is 2.68. The molecule has 12 heavy (non-hydrogen) atoms. The van der Waals surface area contributed by atoms with E-state index in [-0.39, 0.29) is 6.10 Å². The molecule has 1 saturated heterocycles. The van der Waals surface area contributed by atoms with Crippen LogP contribution in [-0.4, -0.2) is 23.9 Å². The van der Waals surface area contributed by atoms with Gasteiger partial charge in [-0.1, -0.05) is 0 Å². The molecular formula is C10H14O2. The molecule has 3 aliphatic rings. The molecule has 0 aromatic rings. The number of fused-ring (bicyclic) bond motifs is 1. The van der Waals surface area contributed by atoms with Gasteiger partial charge in [0.05, 0.1) is 12.7 Å². The maximum absolute atomic E-state index is 9.58. The van der Waals surface area contributed by atoms with E-state index in [1.54, 1.807) is 0 Å². The Hall–Kier alpha value is -0.340. The molecular weight excluding hydrogens is 152 g/mol. The van der Waals surface area contributed by atoms with E-state index in [9.17, 15) is 5.11 Å². The first-order chi connectivity index (χ1) is 5.77. The van der Waals surface area contributed by atoms with Crippen molar-refractivity contribution in [2.24, 2.45) is 11.8 Å². The summed E-state index contributed by atoms with van der Waals surface area (Å²) >= 11 is 0. The van der Waals surface area contributed by atoms with Crippen molar-refractivity contribution in [3.8, 4) is 0 Å². The number of hydrogen-bond acceptors (Lipinski definition) is 2. The Morgan fingerprint density at radius 1 is 1.58 bits per heavy atom. The van der Waals surface area contributed by atoms with Gasteiger partial charge in [-0.15, -0.1) is 0 Å². The third-order valence-electron chi connectivity index (χ3n) is 3.35. The highest BCUT2D eigenvalue weighted by Crippen LogP contribution is 2.57. The minimum absolute atomic E-state index is 0.235. The fourth-order valence-electron chi connectivity index (χ4n) is 2.64. The summed E-state index contributed by atoms with van der Waals surface area (Å²) in [7, 11) is 0. The van der Waals surface area contributed by atoms with Crippen LogP contribution in [0.1, 0.15) is 19.8 Å². The molecule has 3 rings (SSSR count). The number of epoxide rings is 1. The first-order valence-corrected chi connectivity index (χ1v) is 4.80. The van der Waals surface area contributed by atoms with Crippen LogP contribution in [0.15, 0.2) is 11.1 Å². The third-order valence-corrected chi connectivity index (χ3v) is 3.35. The summed E-state index contributed by atoms with van der Waals surface area (Å²) in [4.78, 5) is 0. The normalized spacial score (nSPS) is 46.0. The molecule has 1 aliphatic heterocycles. The predicted molar refractivity (Wildman–Crippen MR) is 44.7 cm³/mol. The summed E-state index contributed by atoms with van der Waals surface area (Å²) in [5, 5.41) is 9.58. The van der Waals surface area contributed by atoms with Crippen LogP contribution in [0.25, 0.3) is 0 Å². The predicted octanol–water partition coefficient (Wildman–Crippen LogP) is 1.10. The van der Waals surface area contributed by atoms with Crippen LogP contribution in [0, 0.1) is 11.8 Å². The third kappa shape index (κ3) is 0.882. The minimum atomic E-state index is -0.235. The van der Waals surface area contributed by atoms with Gasteiger partial charge in [0.1, 0.15) is 6.10 Å². The Labute approximate surface area is 72.2 Å². The zero-order valence-corrected chi connectivity index (χ0v) is 7.29. The molecule has 0 aromatic carbocycles. The number of ether oxygens (including phenoxy) is 1. The molecule has 66 valence electrons. The fourth-order valence-corrected chi connectivity index (χ4v) is 2.64. The van der Waals surface area contributed by atoms with Crippen molar-refractivity contribution in [2.75, 3.05) is 6.61 Å². The summed E-state index contributed by atoms with van der Waals surface area (Å²) in [6, 6.07) is 0. The summed E-state index contributed by atoms with van der Waals surface area (Å²) in [6.45, 7) is 2.78. The first-order valence-electron chi connectivity index (χ1n) is 4.80. The van der Waals surface area contributed by atoms with Crippen LogP contribution in [0.5, 0.6) is 0 Å². The van der Waals surface area contributed by atoms with Crippen molar-refractivity contribution < 1.29 is 9.84 Å². The highest BCUT2D eigenvalue weighted by Gasteiger charge is 2.51. The number of rotatable bonds is 2. The average molecular weight is 166 g/mol. The molecule has 1 N–H and O–H groups in total. The molecule has 0 radical (unpaired) electrons. The Morgan fingerprint density at radius 3 is 2.92 bits per heavy atom. The topological polar surface area (TPSA) is 32.8 Å². The largest absolute Gasteiger partial charge is 0.389 e. The van der Waals surface area contributed by atoms with Gasteiger partial charge in [-0.05, 0) is 42.7 Å². The standard InChI is InChI=1S/C10H14O2/c1-5(11)10-7-2-6(7)3-8(10)9-4-12-9/h5-7,9,11H,2-4H2,1H3. The fraction of sp³-hybridized carbons (Fsp3) is 0.800. The van der Waals surface area contributed by atoms with Crippen LogP contribution in [0.4, 0.5) is 0 Å². The second-order valence-corrected chi connectivity index (χ2v) is 4.28. The van der Waals surface area contributed by atoms with Crippen LogP contribution < -0.4 is 0 Å². The molecule has 1 saturated carbocycles. The smallest absolute Gasteiger partial charge is 0.102 e. The summed E-state index contributed by atoms with van der Waals surface area (Å²) < 4.78 is 5.27. The molecule has 0 bridgehead atoms. The van der Waals surface area contributed by atoms with Crippen molar-refractivity contribution in [1.29, 1.82) is 0 Å². The maximum Gasteiger partial charge on any atom is 0.102 e. The Kier molecular flexibility index (Phi) is 1.25. The molecule has 0 spiro atoms. The Bertz CT molecular complexity index is 251. The highest BCUT2D eigenvalue weighted by atomic mass is 16.6. The summed E-state index contributed by atoms with van der Waals surface area (Å²) in [5.74, 6) is 1.60. The van der Waals surface area contributed by atoms with E-state index >= 15 is 0 Å². The van der Waals surface area contributed by atoms with Crippen LogP contribution in [0.3, 0.4) is 0 Å². The van der Waals surface area contributed by atoms with Crippen molar-refractivity contribution >= 4 is 0 Å². The lowest BCUT2D eigenvalue weighted by Gasteiger charge is -2.10. The van der Waals surface area contributed by atoms with Gasteiger partial charge in [0, 0.05) is 0 Å². The van der Waals surface area contributed by atoms with E-state index in [0.29, 0.717) is 6.10 Å². The van der Waals surface area contributed by atoms with Gasteiger partial charge in [-0.25, -0.2) is 0 Å². The van der Waals surface area contributed by atoms with Crippen molar-refractivity contribution in [3.63, 3.8) is 0 Å². The molecule has 1 heterocycles. The quantitative estimate of drug-likeness (QED) is 0.492. The molecule has 0 amide bonds. The average Bonchev–Trinajstić information content (AvgIpc) is 2.88. The van der Waals surface area contributed by atoms with Gasteiger partial charge in [0.15, 0.2) is 0 Å². The van der Waals surface area contributed by atoms with Crippen LogP contribution in [0.2, 0.25) is 0 Å². The first kappa shape index (κ1) is 7.10. The minimum Gasteiger partial charge on any atom is -0.389 e. The van der Waals surface area contributed by atoms with Crippen molar-refractivity contribution in [3.05, 3.63) is 11.1 Å². The molecule has 0 aromatic heterocycles. The SMILES string of the molecule is CC(O)C1=C(C2CO2)CC2CC12. The second-order valence-electron chi connectivity index (χ2n) is 4.28. The zero-order chi connectivity index (χ0) is 8.29. The Morgan fingerprint density at radius 2 is 2.33 bits per heavy atom. The maximum atomic E-state index is 9.58. The number of aliphatic hydroxyl groups is 1. The van der Waals surface area contributed by atoms with Crippen molar-refractivity contribution in [1.82, 2.24) is 0 Å². The lowest BCUT2D eigenvalue weighted by atomic mass is 10.00. The van der Waals surface area contributed by atoms with Gasteiger partial charge in [0.2, 0.25) is 0 Å². The Balaban J connectivity index is 1.93. The molecule has 2 heteroatoms. The van der Waals surface area contributed by atoms with E-state index in [2.05, 4.69) is 0 Å². The van der Waals surface area contributed by atoms with Gasteiger partial charge in [-0.2, -0.15) is 0 Å². The van der Waals surface area contributed by atoms with Gasteiger partial charge in [-0.3, -0.25) is 0 Å². The van der Waals surface area contributed by atoms with Crippen LogP contribution in [-0.2, 0) is 4.74 Å². The lowest BCUT2D eigenvalue weighted by Crippen LogP contribution is -2.09. The summed E-state index contributed by atoms with van der Waals surface area (Å²) in [5.41, 5.74) is 2.76. The monoisotopic (exact) mass is 166 g/mol. The van der Waals surface area contributed by atoms with E-state index in [0.717, 1.165) is 18.4 Å². The van der Waals surface area contributed by atoms with E-state index in [4.69, 9.17) is 4.74 Å². The highest BCUT2D eigenvalue weighted by molar-refractivity contribution is 5.37. The zero-order valence-electron chi connectivity index (χ0n) is 7.29. The molecule has 2 nitrogen and oxygen atoms in total. The van der Waals surface area contributed by atoms with Gasteiger partial charge in [0.25, 0.3) is 0 Å². The molecule has 4 unspecified atom stereocenters. The van der Waals surface area contributed by atoms with Crippen molar-refractivity contribution in [2.45, 2.75) is 32.0 Å². The number of hydrogen-bond donors (Lipinski definition) is 1. The molecule has 2 fully saturated rings. The number of aliphatic hydroxyl groups excluding tert-OH is 1. The lowest BCUT2D eigenvalue weighted by molar-refractivity contribution is 0.223. The second kappa shape index (κ2) is 2.12. The molecule has 2 aliphatic carbocycles. The van der Waals surface area contributed by atoms with E-state index in [1.807, 2.05) is 6.92 Å². The van der Waals surface area contributed by atoms with Crippen LogP contribution >= 0.6 is 0 Å².